The van der Waals surface area contributed by atoms with Crippen LogP contribution in [0.2, 0.25) is 0 Å². The first-order valence-electron chi connectivity index (χ1n) is 9.89. The third kappa shape index (κ3) is 4.08. The van der Waals surface area contributed by atoms with E-state index in [1.54, 1.807) is 0 Å². The molecule has 4 rings (SSSR count). The van der Waals surface area contributed by atoms with Gasteiger partial charge in [0.05, 0.1) is 13.7 Å². The van der Waals surface area contributed by atoms with Gasteiger partial charge in [-0.15, -0.1) is 0 Å². The molecule has 6 N–H and O–H groups in total. The lowest BCUT2D eigenvalue weighted by molar-refractivity contribution is -0.277. The van der Waals surface area contributed by atoms with Gasteiger partial charge < -0.3 is 49.3 Å². The van der Waals surface area contributed by atoms with Crippen LogP contribution in [-0.4, -0.2) is 75.1 Å². The number of aromatic hydroxyl groups is 2. The summed E-state index contributed by atoms with van der Waals surface area (Å²) in [6, 6.07) is 8.00. The molecule has 11 heteroatoms. The van der Waals surface area contributed by atoms with Crippen molar-refractivity contribution >= 4 is 11.0 Å². The molecule has 0 radical (unpaired) electrons. The highest BCUT2D eigenvalue weighted by Gasteiger charge is 2.45. The normalized spacial score (nSPS) is 25.2. The zero-order chi connectivity index (χ0) is 23.9. The predicted molar refractivity (Wildman–Crippen MR) is 112 cm³/mol. The quantitative estimate of drug-likeness (QED) is 0.302. The van der Waals surface area contributed by atoms with Crippen molar-refractivity contribution in [1.82, 2.24) is 0 Å². The molecule has 1 aliphatic heterocycles. The van der Waals surface area contributed by atoms with Gasteiger partial charge in [-0.05, 0) is 24.3 Å². The average molecular weight is 462 g/mol. The second kappa shape index (κ2) is 8.89. The third-order valence-corrected chi connectivity index (χ3v) is 5.33. The van der Waals surface area contributed by atoms with Crippen molar-refractivity contribution in [2.24, 2.45) is 0 Å². The van der Waals surface area contributed by atoms with Crippen molar-refractivity contribution in [3.8, 4) is 34.3 Å². The molecule has 1 fully saturated rings. The van der Waals surface area contributed by atoms with Crippen LogP contribution in [-0.2, 0) is 4.74 Å². The third-order valence-electron chi connectivity index (χ3n) is 5.33. The van der Waals surface area contributed by atoms with Crippen LogP contribution in [0.3, 0.4) is 0 Å². The molecular weight excluding hydrogens is 440 g/mol. The number of methoxy groups -OCH3 is 1. The van der Waals surface area contributed by atoms with Crippen molar-refractivity contribution < 1.29 is 49.3 Å². The SMILES string of the molecule is COc1cc(O)cc2oc(-c3ccc(O)cc3)c(O[C@@H]3O[C@@H](CO)[C@H](O)[C@H](O)[C@@H]3O)c(=O)c12. The van der Waals surface area contributed by atoms with E-state index in [4.69, 9.17) is 18.6 Å². The van der Waals surface area contributed by atoms with Gasteiger partial charge >= 0.3 is 0 Å². The number of ether oxygens (including phenoxy) is 3. The molecule has 1 aromatic heterocycles. The first kappa shape index (κ1) is 22.8. The summed E-state index contributed by atoms with van der Waals surface area (Å²) in [5.41, 5.74) is -0.470. The fourth-order valence-electron chi connectivity index (χ4n) is 3.61. The maximum absolute atomic E-state index is 13.5. The van der Waals surface area contributed by atoms with E-state index in [1.165, 1.54) is 43.5 Å². The summed E-state index contributed by atoms with van der Waals surface area (Å²) in [7, 11) is 1.29. The molecule has 1 saturated heterocycles. The number of hydrogen-bond donors (Lipinski definition) is 6. The minimum absolute atomic E-state index is 0.00495. The topological polar surface area (TPSA) is 179 Å². The van der Waals surface area contributed by atoms with Crippen LogP contribution >= 0.6 is 0 Å². The van der Waals surface area contributed by atoms with Gasteiger partial charge in [0.1, 0.15) is 52.6 Å². The Balaban J connectivity index is 1.91. The fraction of sp³-hybridized carbons (Fsp3) is 0.318. The van der Waals surface area contributed by atoms with E-state index < -0.39 is 48.5 Å². The lowest BCUT2D eigenvalue weighted by atomic mass is 9.99. The van der Waals surface area contributed by atoms with E-state index >= 15 is 0 Å². The van der Waals surface area contributed by atoms with Gasteiger partial charge in [-0.2, -0.15) is 0 Å². The molecule has 0 amide bonds. The molecule has 176 valence electrons. The smallest absolute Gasteiger partial charge is 0.239 e. The minimum Gasteiger partial charge on any atom is -0.508 e. The summed E-state index contributed by atoms with van der Waals surface area (Å²) in [6.07, 6.45) is -8.02. The second-order valence-corrected chi connectivity index (χ2v) is 7.47. The monoisotopic (exact) mass is 462 g/mol. The molecule has 2 aromatic carbocycles. The first-order chi connectivity index (χ1) is 15.7. The molecule has 5 atom stereocenters. The summed E-state index contributed by atoms with van der Waals surface area (Å²) in [4.78, 5) is 13.5. The largest absolute Gasteiger partial charge is 0.508 e. The number of benzene rings is 2. The van der Waals surface area contributed by atoms with Crippen molar-refractivity contribution in [3.05, 3.63) is 46.6 Å². The highest BCUT2D eigenvalue weighted by molar-refractivity contribution is 5.88. The Labute approximate surface area is 186 Å². The Kier molecular flexibility index (Phi) is 6.15. The highest BCUT2D eigenvalue weighted by atomic mass is 16.7. The summed E-state index contributed by atoms with van der Waals surface area (Å²) in [5, 5.41) is 59.4. The van der Waals surface area contributed by atoms with Crippen LogP contribution in [0.15, 0.2) is 45.6 Å². The lowest BCUT2D eigenvalue weighted by Gasteiger charge is -2.39. The Morgan fingerprint density at radius 3 is 2.30 bits per heavy atom. The Morgan fingerprint density at radius 1 is 0.970 bits per heavy atom. The Hall–Kier alpha value is -3.35. The number of aliphatic hydroxyl groups excluding tert-OH is 4. The second-order valence-electron chi connectivity index (χ2n) is 7.47. The average Bonchev–Trinajstić information content (AvgIpc) is 2.80. The molecule has 0 spiro atoms. The number of phenolic OH excluding ortho intramolecular Hbond substituents is 2. The molecule has 2 heterocycles. The van der Waals surface area contributed by atoms with Crippen LogP contribution in [0.1, 0.15) is 0 Å². The molecule has 3 aromatic rings. The number of hydrogen-bond acceptors (Lipinski definition) is 11. The first-order valence-corrected chi connectivity index (χ1v) is 9.89. The van der Waals surface area contributed by atoms with Crippen molar-refractivity contribution in [2.45, 2.75) is 30.7 Å². The molecule has 33 heavy (non-hydrogen) atoms. The zero-order valence-electron chi connectivity index (χ0n) is 17.3. The maximum Gasteiger partial charge on any atom is 0.239 e. The lowest BCUT2D eigenvalue weighted by Crippen LogP contribution is -2.60. The van der Waals surface area contributed by atoms with Crippen molar-refractivity contribution in [3.63, 3.8) is 0 Å². The van der Waals surface area contributed by atoms with Gasteiger partial charge in [0.15, 0.2) is 5.76 Å². The number of phenols is 2. The van der Waals surface area contributed by atoms with Gasteiger partial charge in [0.25, 0.3) is 0 Å². The van der Waals surface area contributed by atoms with Crippen LogP contribution in [0.5, 0.6) is 23.0 Å². The number of aliphatic hydroxyl groups is 4. The molecule has 0 aliphatic carbocycles. The Bertz CT molecular complexity index is 1200. The summed E-state index contributed by atoms with van der Waals surface area (Å²) in [6.45, 7) is -0.685. The fourth-order valence-corrected chi connectivity index (χ4v) is 3.61. The van der Waals surface area contributed by atoms with Gasteiger partial charge in [-0.25, -0.2) is 0 Å². The number of fused-ring (bicyclic) bond motifs is 1. The molecule has 0 bridgehead atoms. The van der Waals surface area contributed by atoms with E-state index in [-0.39, 0.29) is 34.0 Å². The van der Waals surface area contributed by atoms with Crippen LogP contribution in [0.4, 0.5) is 0 Å². The van der Waals surface area contributed by atoms with E-state index in [0.29, 0.717) is 5.56 Å². The summed E-state index contributed by atoms with van der Waals surface area (Å²) >= 11 is 0. The molecule has 11 nitrogen and oxygen atoms in total. The summed E-state index contributed by atoms with van der Waals surface area (Å²) in [5.74, 6) is -0.826. The van der Waals surface area contributed by atoms with E-state index in [2.05, 4.69) is 0 Å². The van der Waals surface area contributed by atoms with E-state index in [9.17, 15) is 35.4 Å². The summed E-state index contributed by atoms with van der Waals surface area (Å²) < 4.78 is 22.1. The van der Waals surface area contributed by atoms with Gasteiger partial charge in [-0.1, -0.05) is 0 Å². The maximum atomic E-state index is 13.5. The van der Waals surface area contributed by atoms with Crippen LogP contribution in [0.25, 0.3) is 22.3 Å². The Morgan fingerprint density at radius 2 is 1.67 bits per heavy atom. The zero-order valence-corrected chi connectivity index (χ0v) is 17.3. The van der Waals surface area contributed by atoms with Crippen LogP contribution < -0.4 is 14.9 Å². The van der Waals surface area contributed by atoms with Crippen molar-refractivity contribution in [1.29, 1.82) is 0 Å². The van der Waals surface area contributed by atoms with Gasteiger partial charge in [-0.3, -0.25) is 4.79 Å². The predicted octanol–water partition coefficient (Wildman–Crippen LogP) is 0.0585. The van der Waals surface area contributed by atoms with Crippen molar-refractivity contribution in [2.75, 3.05) is 13.7 Å². The standard InChI is InChI=1S/C22H22O11/c1-30-12-6-11(25)7-13-15(12)17(27)21(20(31-13)9-2-4-10(24)5-3-9)33-22-19(29)18(28)16(26)14(8-23)32-22/h2-7,14,16,18-19,22-26,28-29H,8H2,1H3/t14-,16-,18-,19-,22-/m0/s1. The van der Waals surface area contributed by atoms with E-state index in [0.717, 1.165) is 0 Å². The highest BCUT2D eigenvalue weighted by Crippen LogP contribution is 2.37. The molecular formula is C22H22O11. The number of rotatable bonds is 5. The van der Waals surface area contributed by atoms with Crippen LogP contribution in [0, 0.1) is 0 Å². The molecule has 0 unspecified atom stereocenters. The molecule has 0 saturated carbocycles. The van der Waals surface area contributed by atoms with E-state index in [1.807, 2.05) is 0 Å². The minimum atomic E-state index is -1.77. The van der Waals surface area contributed by atoms with Gasteiger partial charge in [0.2, 0.25) is 17.5 Å². The molecule has 1 aliphatic rings. The van der Waals surface area contributed by atoms with Gasteiger partial charge in [0, 0.05) is 17.7 Å².